The molecule has 0 aliphatic rings. The summed E-state index contributed by atoms with van der Waals surface area (Å²) in [5, 5.41) is 12.7. The Hall–Kier alpha value is -2.11. The number of carboxylic acids is 1. The van der Waals surface area contributed by atoms with Crippen molar-refractivity contribution in [1.29, 1.82) is 0 Å². The van der Waals surface area contributed by atoms with Crippen molar-refractivity contribution in [2.24, 2.45) is 0 Å². The quantitative estimate of drug-likeness (QED) is 0.844. The van der Waals surface area contributed by atoms with Crippen LogP contribution in [-0.2, 0) is 13.1 Å². The van der Waals surface area contributed by atoms with E-state index in [1.165, 1.54) is 6.07 Å². The molecule has 0 fully saturated rings. The molecule has 0 aromatic carbocycles. The van der Waals surface area contributed by atoms with Gasteiger partial charge in [-0.3, -0.25) is 4.68 Å². The van der Waals surface area contributed by atoms with Gasteiger partial charge in [-0.2, -0.15) is 5.10 Å². The second-order valence-corrected chi connectivity index (χ2v) is 3.78. The van der Waals surface area contributed by atoms with E-state index in [2.05, 4.69) is 17.0 Å². The van der Waals surface area contributed by atoms with Gasteiger partial charge in [0.25, 0.3) is 0 Å². The van der Waals surface area contributed by atoms with Gasteiger partial charge in [-0.15, -0.1) is 0 Å². The molecule has 0 aliphatic heterocycles. The Kier molecular flexibility index (Phi) is 3.22. The van der Waals surface area contributed by atoms with Gasteiger partial charge in [-0.05, 0) is 12.5 Å². The van der Waals surface area contributed by atoms with Crippen LogP contribution < -0.4 is 0 Å². The summed E-state index contributed by atoms with van der Waals surface area (Å²) in [5.74, 6) is -1.01. The van der Waals surface area contributed by atoms with Crippen LogP contribution in [-0.4, -0.2) is 30.4 Å². The van der Waals surface area contributed by atoms with E-state index in [1.54, 1.807) is 23.4 Å². The zero-order chi connectivity index (χ0) is 12.3. The summed E-state index contributed by atoms with van der Waals surface area (Å²) in [7, 11) is 0. The van der Waals surface area contributed by atoms with E-state index in [4.69, 9.17) is 5.11 Å². The molecule has 17 heavy (non-hydrogen) atoms. The smallest absolute Gasteiger partial charge is 0.356 e. The lowest BCUT2D eigenvalue weighted by Crippen LogP contribution is -2.08. The monoisotopic (exact) mass is 234 g/mol. The van der Waals surface area contributed by atoms with Crippen molar-refractivity contribution in [2.45, 2.75) is 26.4 Å². The first-order chi connectivity index (χ1) is 8.20. The minimum Gasteiger partial charge on any atom is -0.476 e. The van der Waals surface area contributed by atoms with Crippen molar-refractivity contribution < 1.29 is 9.90 Å². The van der Waals surface area contributed by atoms with E-state index in [9.17, 15) is 4.79 Å². The standard InChI is InChI=1S/C11H14N4O2/c1-2-4-14-8-12-6-9(14)7-15-5-3-10(13-15)11(16)17/h3,5-6,8H,2,4,7H2,1H3,(H,16,17). The number of aromatic carboxylic acids is 1. The van der Waals surface area contributed by atoms with E-state index in [0.29, 0.717) is 6.54 Å². The third-order valence-corrected chi connectivity index (χ3v) is 2.45. The Bertz CT molecular complexity index is 515. The average molecular weight is 234 g/mol. The third-order valence-electron chi connectivity index (χ3n) is 2.45. The summed E-state index contributed by atoms with van der Waals surface area (Å²) in [6.45, 7) is 3.54. The number of imidazole rings is 1. The van der Waals surface area contributed by atoms with Gasteiger partial charge in [0.1, 0.15) is 0 Å². The van der Waals surface area contributed by atoms with Gasteiger partial charge < -0.3 is 9.67 Å². The van der Waals surface area contributed by atoms with Gasteiger partial charge in [0.2, 0.25) is 0 Å². The zero-order valence-corrected chi connectivity index (χ0v) is 9.58. The number of rotatable bonds is 5. The molecule has 0 saturated heterocycles. The topological polar surface area (TPSA) is 72.9 Å². The molecule has 0 atom stereocenters. The van der Waals surface area contributed by atoms with Crippen molar-refractivity contribution in [2.75, 3.05) is 0 Å². The van der Waals surface area contributed by atoms with Crippen molar-refractivity contribution in [3.63, 3.8) is 0 Å². The molecule has 0 aliphatic carbocycles. The Morgan fingerprint density at radius 3 is 3.00 bits per heavy atom. The fourth-order valence-electron chi connectivity index (χ4n) is 1.65. The van der Waals surface area contributed by atoms with Crippen LogP contribution in [0.1, 0.15) is 29.5 Å². The van der Waals surface area contributed by atoms with Gasteiger partial charge in [0, 0.05) is 12.7 Å². The first-order valence-corrected chi connectivity index (χ1v) is 5.46. The molecular formula is C11H14N4O2. The number of aryl methyl sites for hydroxylation is 1. The van der Waals surface area contributed by atoms with Crippen molar-refractivity contribution in [3.05, 3.63) is 36.2 Å². The predicted octanol–water partition coefficient (Wildman–Crippen LogP) is 1.24. The van der Waals surface area contributed by atoms with Gasteiger partial charge in [-0.1, -0.05) is 6.92 Å². The Balaban J connectivity index is 2.13. The molecular weight excluding hydrogens is 220 g/mol. The number of nitrogens with zero attached hydrogens (tertiary/aromatic N) is 4. The molecule has 2 aromatic rings. The van der Waals surface area contributed by atoms with E-state index in [0.717, 1.165) is 18.7 Å². The fourth-order valence-corrected chi connectivity index (χ4v) is 1.65. The van der Waals surface area contributed by atoms with Crippen molar-refractivity contribution >= 4 is 5.97 Å². The number of carbonyl (C=O) groups is 1. The average Bonchev–Trinajstić information content (AvgIpc) is 2.90. The van der Waals surface area contributed by atoms with Crippen LogP contribution in [0.15, 0.2) is 24.8 Å². The molecule has 0 unspecified atom stereocenters. The molecule has 0 radical (unpaired) electrons. The van der Waals surface area contributed by atoms with Gasteiger partial charge in [0.15, 0.2) is 5.69 Å². The SMILES string of the molecule is CCCn1cncc1Cn1ccc(C(=O)O)n1. The number of aromatic nitrogens is 4. The predicted molar refractivity (Wildman–Crippen MR) is 60.8 cm³/mol. The molecule has 0 spiro atoms. The Morgan fingerprint density at radius 1 is 1.53 bits per heavy atom. The highest BCUT2D eigenvalue weighted by atomic mass is 16.4. The lowest BCUT2D eigenvalue weighted by Gasteiger charge is -2.06. The lowest BCUT2D eigenvalue weighted by molar-refractivity contribution is 0.0689. The van der Waals surface area contributed by atoms with Gasteiger partial charge in [0.05, 0.1) is 24.8 Å². The first kappa shape index (κ1) is 11.4. The molecule has 0 saturated carbocycles. The second-order valence-electron chi connectivity index (χ2n) is 3.78. The zero-order valence-electron chi connectivity index (χ0n) is 9.58. The number of hydrogen-bond donors (Lipinski definition) is 1. The van der Waals surface area contributed by atoms with Gasteiger partial charge >= 0.3 is 5.97 Å². The van der Waals surface area contributed by atoms with Crippen LogP contribution in [0.4, 0.5) is 0 Å². The molecule has 90 valence electrons. The maximum atomic E-state index is 10.7. The van der Waals surface area contributed by atoms with Crippen LogP contribution in [0.25, 0.3) is 0 Å². The maximum Gasteiger partial charge on any atom is 0.356 e. The van der Waals surface area contributed by atoms with Crippen LogP contribution >= 0.6 is 0 Å². The summed E-state index contributed by atoms with van der Waals surface area (Å²) in [4.78, 5) is 14.8. The highest BCUT2D eigenvalue weighted by molar-refractivity contribution is 5.85. The second kappa shape index (κ2) is 4.82. The molecule has 2 aromatic heterocycles. The summed E-state index contributed by atoms with van der Waals surface area (Å²) in [6.07, 6.45) is 6.24. The van der Waals surface area contributed by atoms with Crippen LogP contribution in [0.2, 0.25) is 0 Å². The number of hydrogen-bond acceptors (Lipinski definition) is 3. The largest absolute Gasteiger partial charge is 0.476 e. The summed E-state index contributed by atoms with van der Waals surface area (Å²) in [5.41, 5.74) is 1.08. The van der Waals surface area contributed by atoms with Crippen molar-refractivity contribution in [1.82, 2.24) is 19.3 Å². The molecule has 1 N–H and O–H groups in total. The van der Waals surface area contributed by atoms with Crippen LogP contribution in [0.5, 0.6) is 0 Å². The molecule has 6 heteroatoms. The molecule has 2 heterocycles. The van der Waals surface area contributed by atoms with E-state index < -0.39 is 5.97 Å². The molecule has 0 amide bonds. The summed E-state index contributed by atoms with van der Waals surface area (Å²) >= 11 is 0. The van der Waals surface area contributed by atoms with Crippen LogP contribution in [0, 0.1) is 0 Å². The van der Waals surface area contributed by atoms with E-state index in [-0.39, 0.29) is 5.69 Å². The summed E-state index contributed by atoms with van der Waals surface area (Å²) < 4.78 is 3.65. The van der Waals surface area contributed by atoms with Crippen LogP contribution in [0.3, 0.4) is 0 Å². The highest BCUT2D eigenvalue weighted by Gasteiger charge is 2.08. The minimum absolute atomic E-state index is 0.0616. The molecule has 2 rings (SSSR count). The van der Waals surface area contributed by atoms with E-state index >= 15 is 0 Å². The fraction of sp³-hybridized carbons (Fsp3) is 0.364. The van der Waals surface area contributed by atoms with Crippen molar-refractivity contribution in [3.8, 4) is 0 Å². The van der Waals surface area contributed by atoms with Gasteiger partial charge in [-0.25, -0.2) is 9.78 Å². The first-order valence-electron chi connectivity index (χ1n) is 5.46. The van der Waals surface area contributed by atoms with E-state index in [1.807, 2.05) is 4.57 Å². The maximum absolute atomic E-state index is 10.7. The summed E-state index contributed by atoms with van der Waals surface area (Å²) in [6, 6.07) is 1.49. The Morgan fingerprint density at radius 2 is 2.35 bits per heavy atom. The lowest BCUT2D eigenvalue weighted by atomic mass is 10.4. The molecule has 0 bridgehead atoms. The molecule has 6 nitrogen and oxygen atoms in total. The minimum atomic E-state index is -1.01. The Labute approximate surface area is 98.5 Å². The normalized spacial score (nSPS) is 10.6. The third kappa shape index (κ3) is 2.52. The highest BCUT2D eigenvalue weighted by Crippen LogP contribution is 2.04. The number of carboxylic acid groups (broad SMARTS) is 1.